The van der Waals surface area contributed by atoms with Gasteiger partial charge in [0.25, 0.3) is 0 Å². The first kappa shape index (κ1) is 16.0. The third-order valence-electron chi connectivity index (χ3n) is 3.06. The highest BCUT2D eigenvalue weighted by atomic mass is 35.5. The molecule has 0 saturated heterocycles. The molecule has 2 aromatic carbocycles. The zero-order chi connectivity index (χ0) is 15.8. The Morgan fingerprint density at radius 2 is 1.73 bits per heavy atom. The number of anilines is 1. The number of halogens is 1. The van der Waals surface area contributed by atoms with E-state index < -0.39 is 11.8 Å². The van der Waals surface area contributed by atoms with Gasteiger partial charge in [0.1, 0.15) is 0 Å². The van der Waals surface area contributed by atoms with Crippen LogP contribution in [0.4, 0.5) is 5.69 Å². The summed E-state index contributed by atoms with van der Waals surface area (Å²) in [5, 5.41) is 5.61. The Balaban J connectivity index is 1.71. The van der Waals surface area contributed by atoms with Crippen molar-refractivity contribution in [1.29, 1.82) is 0 Å². The first-order valence-corrected chi connectivity index (χ1v) is 7.41. The zero-order valence-electron chi connectivity index (χ0n) is 12.0. The minimum absolute atomic E-state index is 0.455. The van der Waals surface area contributed by atoms with Gasteiger partial charge in [0.05, 0.1) is 0 Å². The van der Waals surface area contributed by atoms with Crippen molar-refractivity contribution in [2.24, 2.45) is 0 Å². The smallest absolute Gasteiger partial charge is 0.313 e. The minimum atomic E-state index is -0.693. The largest absolute Gasteiger partial charge is 0.348 e. The topological polar surface area (TPSA) is 58.2 Å². The van der Waals surface area contributed by atoms with Gasteiger partial charge in [-0.15, -0.1) is 0 Å². The monoisotopic (exact) mass is 316 g/mol. The number of rotatable bonds is 5. The first-order chi connectivity index (χ1) is 10.6. The second-order valence-corrected chi connectivity index (χ2v) is 5.25. The number of amides is 2. The summed E-state index contributed by atoms with van der Waals surface area (Å²) in [5.41, 5.74) is 1.71. The summed E-state index contributed by atoms with van der Waals surface area (Å²) in [5.74, 6) is -1.34. The van der Waals surface area contributed by atoms with Crippen molar-refractivity contribution in [2.75, 3.05) is 11.9 Å². The lowest BCUT2D eigenvalue weighted by atomic mass is 10.1. The molecule has 0 unspecified atom stereocenters. The molecule has 0 aliphatic carbocycles. The molecule has 0 heterocycles. The van der Waals surface area contributed by atoms with Crippen LogP contribution in [0, 0.1) is 0 Å². The number of hydrogen-bond acceptors (Lipinski definition) is 2. The standard InChI is InChI=1S/C17H17ClN2O2/c18-14-9-4-10-15(12-14)20-17(22)16(21)19-11-5-8-13-6-2-1-3-7-13/h1-4,6-7,9-10,12H,5,8,11H2,(H,19,21)(H,20,22). The molecule has 5 heteroatoms. The van der Waals surface area contributed by atoms with Crippen LogP contribution >= 0.6 is 11.6 Å². The van der Waals surface area contributed by atoms with Crippen LogP contribution in [-0.4, -0.2) is 18.4 Å². The molecule has 2 N–H and O–H groups in total. The molecule has 0 saturated carbocycles. The summed E-state index contributed by atoms with van der Waals surface area (Å²) in [6, 6.07) is 16.6. The lowest BCUT2D eigenvalue weighted by Gasteiger charge is -2.07. The predicted molar refractivity (Wildman–Crippen MR) is 87.9 cm³/mol. The van der Waals surface area contributed by atoms with Crippen LogP contribution < -0.4 is 10.6 Å². The van der Waals surface area contributed by atoms with Crippen molar-refractivity contribution in [3.8, 4) is 0 Å². The number of carbonyl (C=O) groups is 2. The molecule has 2 aromatic rings. The van der Waals surface area contributed by atoms with Gasteiger partial charge >= 0.3 is 11.8 Å². The van der Waals surface area contributed by atoms with E-state index in [1.54, 1.807) is 24.3 Å². The van der Waals surface area contributed by atoms with E-state index in [4.69, 9.17) is 11.6 Å². The van der Waals surface area contributed by atoms with Gasteiger partial charge in [0.15, 0.2) is 0 Å². The molecule has 0 bridgehead atoms. The third-order valence-corrected chi connectivity index (χ3v) is 3.29. The van der Waals surface area contributed by atoms with Crippen LogP contribution in [0.3, 0.4) is 0 Å². The van der Waals surface area contributed by atoms with Crippen molar-refractivity contribution in [3.05, 3.63) is 65.2 Å². The van der Waals surface area contributed by atoms with Crippen LogP contribution in [0.15, 0.2) is 54.6 Å². The van der Waals surface area contributed by atoms with E-state index in [-0.39, 0.29) is 0 Å². The fourth-order valence-electron chi connectivity index (χ4n) is 1.97. The van der Waals surface area contributed by atoms with Crippen LogP contribution in [0.1, 0.15) is 12.0 Å². The van der Waals surface area contributed by atoms with Crippen molar-refractivity contribution in [2.45, 2.75) is 12.8 Å². The maximum atomic E-state index is 11.7. The Morgan fingerprint density at radius 3 is 2.45 bits per heavy atom. The molecule has 2 rings (SSSR count). The Bertz CT molecular complexity index is 644. The van der Waals surface area contributed by atoms with Crippen molar-refractivity contribution in [1.82, 2.24) is 5.32 Å². The van der Waals surface area contributed by atoms with Gasteiger partial charge in [-0.3, -0.25) is 9.59 Å². The summed E-state index contributed by atoms with van der Waals surface area (Å²) in [7, 11) is 0. The SMILES string of the molecule is O=C(NCCCc1ccccc1)C(=O)Nc1cccc(Cl)c1. The maximum Gasteiger partial charge on any atom is 0.313 e. The predicted octanol–water partition coefficient (Wildman–Crippen LogP) is 3.03. The summed E-state index contributed by atoms with van der Waals surface area (Å²) < 4.78 is 0. The molecule has 4 nitrogen and oxygen atoms in total. The van der Waals surface area contributed by atoms with Crippen LogP contribution in [0.5, 0.6) is 0 Å². The molecule has 0 spiro atoms. The Hall–Kier alpha value is -2.33. The molecule has 0 aromatic heterocycles. The molecule has 0 aliphatic rings. The Kier molecular flexibility index (Phi) is 5.98. The number of benzene rings is 2. The number of aryl methyl sites for hydroxylation is 1. The third kappa shape index (κ3) is 5.22. The Morgan fingerprint density at radius 1 is 0.955 bits per heavy atom. The van der Waals surface area contributed by atoms with Gasteiger partial charge in [0, 0.05) is 17.3 Å². The molecule has 22 heavy (non-hydrogen) atoms. The number of carbonyl (C=O) groups excluding carboxylic acids is 2. The Labute approximate surface area is 134 Å². The molecule has 0 atom stereocenters. The van der Waals surface area contributed by atoms with E-state index in [2.05, 4.69) is 10.6 Å². The second kappa shape index (κ2) is 8.20. The maximum absolute atomic E-state index is 11.7. The van der Waals surface area contributed by atoms with Gasteiger partial charge in [-0.2, -0.15) is 0 Å². The van der Waals surface area contributed by atoms with Gasteiger partial charge in [-0.1, -0.05) is 48.0 Å². The molecule has 114 valence electrons. The average Bonchev–Trinajstić information content (AvgIpc) is 2.52. The molecular weight excluding hydrogens is 300 g/mol. The average molecular weight is 317 g/mol. The summed E-state index contributed by atoms with van der Waals surface area (Å²) >= 11 is 5.82. The van der Waals surface area contributed by atoms with E-state index in [0.717, 1.165) is 12.8 Å². The van der Waals surface area contributed by atoms with E-state index >= 15 is 0 Å². The van der Waals surface area contributed by atoms with Crippen molar-refractivity contribution >= 4 is 29.1 Å². The molecule has 0 radical (unpaired) electrons. The summed E-state index contributed by atoms with van der Waals surface area (Å²) in [4.78, 5) is 23.4. The van der Waals surface area contributed by atoms with E-state index in [9.17, 15) is 9.59 Å². The fourth-order valence-corrected chi connectivity index (χ4v) is 2.16. The first-order valence-electron chi connectivity index (χ1n) is 7.04. The highest BCUT2D eigenvalue weighted by molar-refractivity contribution is 6.39. The lowest BCUT2D eigenvalue weighted by Crippen LogP contribution is -2.36. The molecule has 0 aliphatic heterocycles. The van der Waals surface area contributed by atoms with Gasteiger partial charge in [-0.05, 0) is 36.6 Å². The van der Waals surface area contributed by atoms with Crippen LogP contribution in [0.25, 0.3) is 0 Å². The van der Waals surface area contributed by atoms with Crippen molar-refractivity contribution < 1.29 is 9.59 Å². The lowest BCUT2D eigenvalue weighted by molar-refractivity contribution is -0.136. The molecule has 0 fully saturated rings. The fraction of sp³-hybridized carbons (Fsp3) is 0.176. The van der Waals surface area contributed by atoms with E-state index in [1.807, 2.05) is 30.3 Å². The highest BCUT2D eigenvalue weighted by Gasteiger charge is 2.12. The van der Waals surface area contributed by atoms with Gasteiger partial charge in [0.2, 0.25) is 0 Å². The number of nitrogens with one attached hydrogen (secondary N) is 2. The minimum Gasteiger partial charge on any atom is -0.348 e. The van der Waals surface area contributed by atoms with Gasteiger partial charge in [-0.25, -0.2) is 0 Å². The van der Waals surface area contributed by atoms with Crippen LogP contribution in [0.2, 0.25) is 5.02 Å². The van der Waals surface area contributed by atoms with Crippen LogP contribution in [-0.2, 0) is 16.0 Å². The normalized spacial score (nSPS) is 10.0. The van der Waals surface area contributed by atoms with E-state index in [1.165, 1.54) is 5.56 Å². The quantitative estimate of drug-likeness (QED) is 0.658. The number of hydrogen-bond donors (Lipinski definition) is 2. The molecule has 2 amide bonds. The van der Waals surface area contributed by atoms with Crippen molar-refractivity contribution in [3.63, 3.8) is 0 Å². The van der Waals surface area contributed by atoms with Gasteiger partial charge < -0.3 is 10.6 Å². The summed E-state index contributed by atoms with van der Waals surface area (Å²) in [6.45, 7) is 0.455. The molecular formula is C17H17ClN2O2. The summed E-state index contributed by atoms with van der Waals surface area (Å²) in [6.07, 6.45) is 1.64. The van der Waals surface area contributed by atoms with E-state index in [0.29, 0.717) is 17.3 Å². The zero-order valence-corrected chi connectivity index (χ0v) is 12.8. The second-order valence-electron chi connectivity index (χ2n) is 4.81. The highest BCUT2D eigenvalue weighted by Crippen LogP contribution is 2.14.